The van der Waals surface area contributed by atoms with E-state index in [9.17, 15) is 18.4 Å². The van der Waals surface area contributed by atoms with Gasteiger partial charge >= 0.3 is 6.61 Å². The molecule has 2 amide bonds. The van der Waals surface area contributed by atoms with E-state index in [0.29, 0.717) is 0 Å². The van der Waals surface area contributed by atoms with E-state index in [1.165, 1.54) is 44.6 Å². The number of hydrogen-bond acceptors (Lipinski definition) is 4. The third-order valence-corrected chi connectivity index (χ3v) is 6.49. The average molecular weight is 408 g/mol. The average Bonchev–Trinajstić information content (AvgIpc) is 2.64. The summed E-state index contributed by atoms with van der Waals surface area (Å²) in [6.07, 6.45) is 7.00. The van der Waals surface area contributed by atoms with Crippen LogP contribution in [0.4, 0.5) is 8.78 Å². The first-order valence-electron chi connectivity index (χ1n) is 10.1. The molecule has 4 aliphatic rings. The van der Waals surface area contributed by atoms with Crippen LogP contribution in [-0.2, 0) is 4.79 Å². The molecule has 4 fully saturated rings. The number of benzene rings is 1. The molecule has 0 aromatic heterocycles. The van der Waals surface area contributed by atoms with E-state index in [2.05, 4.69) is 15.4 Å². The molecule has 0 unspecified atom stereocenters. The number of rotatable bonds is 7. The molecule has 0 saturated heterocycles. The highest BCUT2D eigenvalue weighted by Gasteiger charge is 2.51. The molecule has 0 heterocycles. The highest BCUT2D eigenvalue weighted by molar-refractivity contribution is 5.97. The predicted molar refractivity (Wildman–Crippen MR) is 101 cm³/mol. The molecule has 6 nitrogen and oxygen atoms in total. The van der Waals surface area contributed by atoms with Crippen molar-refractivity contribution >= 4 is 11.8 Å². The summed E-state index contributed by atoms with van der Waals surface area (Å²) in [5, 5.41) is 5.80. The fraction of sp³-hybridized carbons (Fsp3) is 0.619. The molecule has 1 aromatic rings. The number of methoxy groups -OCH3 is 1. The van der Waals surface area contributed by atoms with Crippen molar-refractivity contribution in [1.29, 1.82) is 0 Å². The summed E-state index contributed by atoms with van der Waals surface area (Å²) in [5.41, 5.74) is 0.0969. The number of nitrogens with one attached hydrogen (secondary N) is 2. The fourth-order valence-electron chi connectivity index (χ4n) is 5.87. The lowest BCUT2D eigenvalue weighted by atomic mass is 9.53. The number of ether oxygens (including phenoxy) is 2. The molecular weight excluding hydrogens is 382 g/mol. The monoisotopic (exact) mass is 408 g/mol. The Morgan fingerprint density at radius 1 is 1.10 bits per heavy atom. The third-order valence-electron chi connectivity index (χ3n) is 6.49. The molecule has 8 heteroatoms. The van der Waals surface area contributed by atoms with E-state index in [0.717, 1.165) is 37.0 Å². The Morgan fingerprint density at radius 2 is 1.72 bits per heavy atom. The van der Waals surface area contributed by atoms with Crippen molar-refractivity contribution in [2.45, 2.75) is 50.7 Å². The molecule has 4 saturated carbocycles. The van der Waals surface area contributed by atoms with Gasteiger partial charge in [-0.1, -0.05) is 0 Å². The molecule has 0 spiro atoms. The van der Waals surface area contributed by atoms with Crippen LogP contribution in [0.15, 0.2) is 18.2 Å². The Balaban J connectivity index is 1.33. The summed E-state index contributed by atoms with van der Waals surface area (Å²) in [7, 11) is 1.30. The Labute approximate surface area is 168 Å². The highest BCUT2D eigenvalue weighted by Crippen LogP contribution is 2.55. The quantitative estimate of drug-likeness (QED) is 0.727. The zero-order valence-electron chi connectivity index (χ0n) is 16.4. The van der Waals surface area contributed by atoms with Gasteiger partial charge in [-0.25, -0.2) is 0 Å². The van der Waals surface area contributed by atoms with Crippen molar-refractivity contribution in [2.75, 3.05) is 13.7 Å². The number of amides is 2. The molecule has 0 atom stereocenters. The van der Waals surface area contributed by atoms with E-state index in [4.69, 9.17) is 4.74 Å². The van der Waals surface area contributed by atoms with Crippen LogP contribution >= 0.6 is 0 Å². The maximum absolute atomic E-state index is 12.5. The van der Waals surface area contributed by atoms with Gasteiger partial charge in [-0.05, 0) is 74.5 Å². The summed E-state index contributed by atoms with van der Waals surface area (Å²) in [5.74, 6) is 1.36. The van der Waals surface area contributed by atoms with Crippen molar-refractivity contribution in [3.8, 4) is 11.5 Å². The number of alkyl halides is 2. The van der Waals surface area contributed by atoms with Gasteiger partial charge < -0.3 is 20.1 Å². The minimum atomic E-state index is -2.99. The maximum Gasteiger partial charge on any atom is 0.387 e. The van der Waals surface area contributed by atoms with E-state index >= 15 is 0 Å². The van der Waals surface area contributed by atoms with Crippen LogP contribution in [0.25, 0.3) is 0 Å². The first-order valence-corrected chi connectivity index (χ1v) is 10.1. The number of carbonyl (C=O) groups excluding carboxylic acids is 2. The van der Waals surface area contributed by atoms with Gasteiger partial charge in [0.2, 0.25) is 5.91 Å². The molecule has 5 rings (SSSR count). The van der Waals surface area contributed by atoms with Crippen LogP contribution in [0.2, 0.25) is 0 Å². The molecular formula is C21H26F2N2O4. The van der Waals surface area contributed by atoms with Gasteiger partial charge in [0, 0.05) is 11.1 Å². The minimum Gasteiger partial charge on any atom is -0.493 e. The van der Waals surface area contributed by atoms with Gasteiger partial charge in [0.15, 0.2) is 11.5 Å². The largest absolute Gasteiger partial charge is 0.493 e. The zero-order chi connectivity index (χ0) is 20.6. The van der Waals surface area contributed by atoms with E-state index in [-0.39, 0.29) is 35.1 Å². The van der Waals surface area contributed by atoms with Crippen LogP contribution in [-0.4, -0.2) is 37.6 Å². The Bertz CT molecular complexity index is 764. The second-order valence-corrected chi connectivity index (χ2v) is 8.67. The SMILES string of the molecule is COc1cc(C(=O)NCC(=O)NC23CC4CC(CC(C4)C2)C3)ccc1OC(F)F. The van der Waals surface area contributed by atoms with Crippen LogP contribution in [0.5, 0.6) is 11.5 Å². The lowest BCUT2D eigenvalue weighted by Gasteiger charge is -2.56. The Kier molecular flexibility index (Phi) is 5.36. The van der Waals surface area contributed by atoms with E-state index < -0.39 is 12.5 Å². The van der Waals surface area contributed by atoms with Crippen molar-refractivity contribution in [1.82, 2.24) is 10.6 Å². The van der Waals surface area contributed by atoms with Crippen molar-refractivity contribution < 1.29 is 27.8 Å². The number of hydrogen-bond donors (Lipinski definition) is 2. The van der Waals surface area contributed by atoms with Crippen molar-refractivity contribution in [3.63, 3.8) is 0 Å². The Morgan fingerprint density at radius 3 is 2.28 bits per heavy atom. The van der Waals surface area contributed by atoms with Gasteiger partial charge in [-0.2, -0.15) is 8.78 Å². The maximum atomic E-state index is 12.5. The fourth-order valence-corrected chi connectivity index (χ4v) is 5.87. The third kappa shape index (κ3) is 4.31. The Hall–Kier alpha value is -2.38. The highest BCUT2D eigenvalue weighted by atomic mass is 19.3. The van der Waals surface area contributed by atoms with Crippen molar-refractivity contribution in [3.05, 3.63) is 23.8 Å². The summed E-state index contributed by atoms with van der Waals surface area (Å²) in [6, 6.07) is 3.91. The zero-order valence-corrected chi connectivity index (χ0v) is 16.4. The molecule has 4 bridgehead atoms. The molecule has 0 aliphatic heterocycles. The smallest absolute Gasteiger partial charge is 0.387 e. The lowest BCUT2D eigenvalue weighted by Crippen LogP contribution is -2.61. The van der Waals surface area contributed by atoms with Crippen LogP contribution in [0.1, 0.15) is 48.9 Å². The van der Waals surface area contributed by atoms with E-state index in [1.807, 2.05) is 0 Å². The molecule has 29 heavy (non-hydrogen) atoms. The normalized spacial score (nSPS) is 29.6. The summed E-state index contributed by atoms with van der Waals surface area (Å²) in [6.45, 7) is -3.12. The van der Waals surface area contributed by atoms with Gasteiger partial charge in [0.05, 0.1) is 13.7 Å². The predicted octanol–water partition coefficient (Wildman–Crippen LogP) is 3.11. The van der Waals surface area contributed by atoms with Crippen LogP contribution < -0.4 is 20.1 Å². The van der Waals surface area contributed by atoms with Crippen LogP contribution in [0.3, 0.4) is 0 Å². The van der Waals surface area contributed by atoms with Gasteiger partial charge in [-0.3, -0.25) is 9.59 Å². The van der Waals surface area contributed by atoms with Gasteiger partial charge in [-0.15, -0.1) is 0 Å². The van der Waals surface area contributed by atoms with E-state index in [1.54, 1.807) is 0 Å². The lowest BCUT2D eigenvalue weighted by molar-refractivity contribution is -0.125. The molecule has 158 valence electrons. The van der Waals surface area contributed by atoms with Crippen LogP contribution in [0, 0.1) is 17.8 Å². The molecule has 1 aromatic carbocycles. The summed E-state index contributed by atoms with van der Waals surface area (Å²) in [4.78, 5) is 24.9. The van der Waals surface area contributed by atoms with Gasteiger partial charge in [0.1, 0.15) is 0 Å². The number of halogens is 2. The second kappa shape index (κ2) is 7.80. The van der Waals surface area contributed by atoms with Crippen molar-refractivity contribution in [2.24, 2.45) is 17.8 Å². The standard InChI is InChI=1S/C21H26F2N2O4/c1-28-17-7-15(2-3-16(17)29-20(22)23)19(27)24-11-18(26)25-21-8-12-4-13(9-21)6-14(5-12)10-21/h2-3,7,12-14,20H,4-6,8-11H2,1H3,(H,24,27)(H,25,26). The molecule has 2 N–H and O–H groups in total. The summed E-state index contributed by atoms with van der Waals surface area (Å²) < 4.78 is 34.2. The number of carbonyl (C=O) groups is 2. The van der Waals surface area contributed by atoms with Gasteiger partial charge in [0.25, 0.3) is 5.91 Å². The summed E-state index contributed by atoms with van der Waals surface area (Å²) >= 11 is 0. The minimum absolute atomic E-state index is 0.0240. The first kappa shape index (κ1) is 19.9. The first-order chi connectivity index (χ1) is 13.9. The molecule has 0 radical (unpaired) electrons. The topological polar surface area (TPSA) is 76.7 Å². The molecule has 4 aliphatic carbocycles. The second-order valence-electron chi connectivity index (χ2n) is 8.67.